The number of halogens is 1. The van der Waals surface area contributed by atoms with Crippen LogP contribution >= 0.6 is 23.4 Å². The van der Waals surface area contributed by atoms with E-state index in [1.54, 1.807) is 0 Å². The first-order valence-corrected chi connectivity index (χ1v) is 11.0. The number of hydrogen-bond acceptors (Lipinski definition) is 7. The van der Waals surface area contributed by atoms with Crippen LogP contribution in [0, 0.1) is 13.8 Å². The monoisotopic (exact) mass is 463 g/mol. The molecule has 4 aromatic heterocycles. The Morgan fingerprint density at radius 3 is 2.41 bits per heavy atom. The van der Waals surface area contributed by atoms with Gasteiger partial charge in [0, 0.05) is 29.4 Å². The molecular weight excluding hydrogens is 446 g/mol. The third kappa shape index (κ3) is 3.80. The van der Waals surface area contributed by atoms with Gasteiger partial charge in [0.1, 0.15) is 34.9 Å². The lowest BCUT2D eigenvalue weighted by atomic mass is 10.1. The number of aromatic nitrogens is 6. The number of aromatic amines is 2. The quantitative estimate of drug-likeness (QED) is 0.312. The SMILES string of the molecule is Cc1c[nH]c2ncnc(Cl)c12.Cc1c[nH]c2ncnc(Nc3ccc4c(c3)SC(=O)C4)c12. The minimum atomic E-state index is 0.202. The van der Waals surface area contributed by atoms with Crippen LogP contribution < -0.4 is 5.32 Å². The molecule has 0 saturated carbocycles. The second-order valence-corrected chi connectivity index (χ2v) is 8.83. The standard InChI is InChI=1S/C15H12N4OS.C7H6ClN3/c1-8-6-16-14-13(8)15(18-7-17-14)19-10-3-2-9-4-12(20)21-11(9)5-10;1-4-2-9-7-5(4)6(8)10-3-11-7/h2-3,5-7H,4H2,1H3,(H2,16,17,18,19);2-3H,1H3,(H,9,10,11). The molecule has 0 saturated heterocycles. The Morgan fingerprint density at radius 1 is 0.969 bits per heavy atom. The van der Waals surface area contributed by atoms with Crippen LogP contribution in [-0.2, 0) is 11.2 Å². The molecule has 160 valence electrons. The van der Waals surface area contributed by atoms with Gasteiger partial charge in [0.15, 0.2) is 5.12 Å². The smallest absolute Gasteiger partial charge is 0.198 e. The molecule has 0 aliphatic carbocycles. The molecule has 8 nitrogen and oxygen atoms in total. The number of H-pyrrole nitrogens is 2. The van der Waals surface area contributed by atoms with Crippen LogP contribution in [0.5, 0.6) is 0 Å². The maximum Gasteiger partial charge on any atom is 0.198 e. The molecule has 0 radical (unpaired) electrons. The van der Waals surface area contributed by atoms with Crippen LogP contribution in [0.4, 0.5) is 11.5 Å². The first-order valence-electron chi connectivity index (χ1n) is 9.83. The van der Waals surface area contributed by atoms with E-state index < -0.39 is 0 Å². The predicted molar refractivity (Wildman–Crippen MR) is 127 cm³/mol. The summed E-state index contributed by atoms with van der Waals surface area (Å²) in [4.78, 5) is 35.0. The summed E-state index contributed by atoms with van der Waals surface area (Å²) in [6, 6.07) is 5.98. The third-order valence-electron chi connectivity index (χ3n) is 5.18. The first kappa shape index (κ1) is 20.5. The molecule has 1 aliphatic rings. The number of nitrogens with zero attached hydrogens (tertiary/aromatic N) is 4. The summed E-state index contributed by atoms with van der Waals surface area (Å²) >= 11 is 7.14. The van der Waals surface area contributed by atoms with Crippen molar-refractivity contribution in [2.75, 3.05) is 5.32 Å². The van der Waals surface area contributed by atoms with Gasteiger partial charge in [-0.05, 0) is 42.7 Å². The van der Waals surface area contributed by atoms with E-state index in [0.717, 1.165) is 55.2 Å². The average molecular weight is 464 g/mol. The number of thioether (sulfide) groups is 1. The Morgan fingerprint density at radius 2 is 1.66 bits per heavy atom. The predicted octanol–water partition coefficient (Wildman–Crippen LogP) is 5.10. The molecule has 0 atom stereocenters. The summed E-state index contributed by atoms with van der Waals surface area (Å²) in [5.41, 5.74) is 5.81. The highest BCUT2D eigenvalue weighted by Gasteiger charge is 2.19. The van der Waals surface area contributed by atoms with Crippen LogP contribution in [0.3, 0.4) is 0 Å². The van der Waals surface area contributed by atoms with Gasteiger partial charge < -0.3 is 15.3 Å². The molecule has 0 fully saturated rings. The van der Waals surface area contributed by atoms with Crippen molar-refractivity contribution in [2.45, 2.75) is 25.2 Å². The van der Waals surface area contributed by atoms with E-state index in [9.17, 15) is 4.79 Å². The summed E-state index contributed by atoms with van der Waals surface area (Å²) < 4.78 is 0. The van der Waals surface area contributed by atoms with E-state index in [4.69, 9.17) is 11.6 Å². The minimum Gasteiger partial charge on any atom is -0.346 e. The van der Waals surface area contributed by atoms with Crippen molar-refractivity contribution in [2.24, 2.45) is 0 Å². The first-order chi connectivity index (χ1) is 15.5. The number of hydrogen-bond donors (Lipinski definition) is 3. The summed E-state index contributed by atoms with van der Waals surface area (Å²) in [5, 5.41) is 5.93. The van der Waals surface area contributed by atoms with E-state index in [1.165, 1.54) is 24.4 Å². The number of anilines is 2. The van der Waals surface area contributed by atoms with Crippen LogP contribution in [0.25, 0.3) is 22.1 Å². The van der Waals surface area contributed by atoms with Gasteiger partial charge in [-0.3, -0.25) is 4.79 Å². The van der Waals surface area contributed by atoms with Crippen molar-refractivity contribution in [3.8, 4) is 0 Å². The number of nitrogens with one attached hydrogen (secondary N) is 3. The zero-order valence-electron chi connectivity index (χ0n) is 17.2. The Kier molecular flexibility index (Phi) is 5.28. The van der Waals surface area contributed by atoms with Gasteiger partial charge in [0.2, 0.25) is 0 Å². The topological polar surface area (TPSA) is 112 Å². The summed E-state index contributed by atoms with van der Waals surface area (Å²) in [5.74, 6) is 0.771. The van der Waals surface area contributed by atoms with Crippen molar-refractivity contribution in [1.29, 1.82) is 0 Å². The van der Waals surface area contributed by atoms with Gasteiger partial charge in [-0.25, -0.2) is 19.9 Å². The van der Waals surface area contributed by atoms with Crippen LogP contribution in [0.15, 0.2) is 48.1 Å². The fraction of sp³-hybridized carbons (Fsp3) is 0.136. The molecule has 10 heteroatoms. The molecule has 0 spiro atoms. The van der Waals surface area contributed by atoms with Crippen molar-refractivity contribution in [1.82, 2.24) is 29.9 Å². The van der Waals surface area contributed by atoms with Crippen molar-refractivity contribution < 1.29 is 4.79 Å². The molecular formula is C22H18ClN7OS. The van der Waals surface area contributed by atoms with Crippen LogP contribution in [0.1, 0.15) is 16.7 Å². The maximum atomic E-state index is 11.5. The number of benzene rings is 1. The minimum absolute atomic E-state index is 0.202. The van der Waals surface area contributed by atoms with Gasteiger partial charge in [0.05, 0.1) is 10.8 Å². The molecule has 0 unspecified atom stereocenters. The third-order valence-corrected chi connectivity index (χ3v) is 6.43. The average Bonchev–Trinajstić information content (AvgIpc) is 3.46. The molecule has 6 rings (SSSR count). The summed E-state index contributed by atoms with van der Waals surface area (Å²) in [7, 11) is 0. The highest BCUT2D eigenvalue weighted by atomic mass is 35.5. The summed E-state index contributed by atoms with van der Waals surface area (Å²) in [6.45, 7) is 3.98. The number of aryl methyl sites for hydroxylation is 2. The fourth-order valence-electron chi connectivity index (χ4n) is 3.61. The molecule has 0 bridgehead atoms. The lowest BCUT2D eigenvalue weighted by Crippen LogP contribution is -1.96. The molecule has 0 amide bonds. The van der Waals surface area contributed by atoms with Crippen molar-refractivity contribution >= 4 is 62.1 Å². The Balaban J connectivity index is 0.000000165. The van der Waals surface area contributed by atoms with Gasteiger partial charge in [-0.2, -0.15) is 0 Å². The Labute approximate surface area is 192 Å². The molecule has 5 aromatic rings. The van der Waals surface area contributed by atoms with E-state index in [0.29, 0.717) is 11.6 Å². The van der Waals surface area contributed by atoms with E-state index in [1.807, 2.05) is 44.4 Å². The lowest BCUT2D eigenvalue weighted by molar-refractivity contribution is -0.110. The van der Waals surface area contributed by atoms with Gasteiger partial charge in [-0.1, -0.05) is 29.4 Å². The van der Waals surface area contributed by atoms with Crippen LogP contribution in [0.2, 0.25) is 5.15 Å². The number of carbonyl (C=O) groups is 1. The Hall–Kier alpha value is -3.43. The number of fused-ring (bicyclic) bond motifs is 3. The van der Waals surface area contributed by atoms with Crippen molar-refractivity contribution in [3.05, 3.63) is 65.1 Å². The zero-order valence-corrected chi connectivity index (χ0v) is 18.8. The molecule has 1 aliphatic heterocycles. The second-order valence-electron chi connectivity index (χ2n) is 7.38. The van der Waals surface area contributed by atoms with Gasteiger partial charge >= 0.3 is 0 Å². The van der Waals surface area contributed by atoms with Crippen LogP contribution in [-0.4, -0.2) is 35.0 Å². The molecule has 5 heterocycles. The van der Waals surface area contributed by atoms with Crippen molar-refractivity contribution in [3.63, 3.8) is 0 Å². The number of carbonyl (C=O) groups excluding carboxylic acids is 1. The maximum absolute atomic E-state index is 11.5. The molecule has 3 N–H and O–H groups in total. The highest BCUT2D eigenvalue weighted by molar-refractivity contribution is 8.14. The summed E-state index contributed by atoms with van der Waals surface area (Å²) in [6.07, 6.45) is 7.29. The number of rotatable bonds is 2. The van der Waals surface area contributed by atoms with E-state index >= 15 is 0 Å². The Bertz CT molecular complexity index is 1480. The second kappa shape index (κ2) is 8.25. The van der Waals surface area contributed by atoms with E-state index in [2.05, 4.69) is 35.2 Å². The lowest BCUT2D eigenvalue weighted by Gasteiger charge is -2.08. The molecule has 1 aromatic carbocycles. The largest absolute Gasteiger partial charge is 0.346 e. The van der Waals surface area contributed by atoms with E-state index in [-0.39, 0.29) is 5.12 Å². The zero-order chi connectivity index (χ0) is 22.2. The normalized spacial score (nSPS) is 12.7. The highest BCUT2D eigenvalue weighted by Crippen LogP contribution is 2.35. The fourth-order valence-corrected chi connectivity index (χ4v) is 4.82. The van der Waals surface area contributed by atoms with Gasteiger partial charge in [-0.15, -0.1) is 0 Å². The van der Waals surface area contributed by atoms with Gasteiger partial charge in [0.25, 0.3) is 0 Å². The molecule has 32 heavy (non-hydrogen) atoms.